The Bertz CT molecular complexity index is 370. The Morgan fingerprint density at radius 2 is 2.40 bits per heavy atom. The number of hydrogen-bond acceptors (Lipinski definition) is 5. The molecule has 0 aliphatic carbocycles. The zero-order valence-electron chi connectivity index (χ0n) is 8.93. The van der Waals surface area contributed by atoms with Gasteiger partial charge in [-0.15, -0.1) is 0 Å². The Hall–Kier alpha value is -1.85. The second-order valence-corrected chi connectivity index (χ2v) is 2.70. The highest BCUT2D eigenvalue weighted by Crippen LogP contribution is 2.00. The van der Waals surface area contributed by atoms with E-state index in [-0.39, 0.29) is 12.3 Å². The summed E-state index contributed by atoms with van der Waals surface area (Å²) >= 11 is 0. The largest absolute Gasteiger partial charge is 0.461 e. The molecule has 1 aromatic heterocycles. The number of aryl methyl sites for hydroxylation is 1. The van der Waals surface area contributed by atoms with E-state index >= 15 is 0 Å². The Morgan fingerprint density at radius 3 is 2.87 bits per heavy atom. The molecule has 0 saturated heterocycles. The number of nitrogens with zero attached hydrogens (tertiary/aromatic N) is 3. The average molecular weight is 211 g/mol. The van der Waals surface area contributed by atoms with Crippen molar-refractivity contribution in [3.05, 3.63) is 18.2 Å². The summed E-state index contributed by atoms with van der Waals surface area (Å²) < 4.78 is 6.49. The van der Waals surface area contributed by atoms with Crippen LogP contribution >= 0.6 is 0 Å². The van der Waals surface area contributed by atoms with Gasteiger partial charge in [-0.3, -0.25) is 0 Å². The van der Waals surface area contributed by atoms with Gasteiger partial charge in [-0.1, -0.05) is 5.16 Å². The number of imidazole rings is 1. The summed E-state index contributed by atoms with van der Waals surface area (Å²) in [7, 11) is 3.12. The molecule has 1 heterocycles. The highest BCUT2D eigenvalue weighted by Gasteiger charge is 2.20. The van der Waals surface area contributed by atoms with Gasteiger partial charge in [0.2, 0.25) is 5.71 Å². The number of carbonyl (C=O) groups excluding carboxylic acids is 1. The number of esters is 1. The molecule has 0 aliphatic rings. The summed E-state index contributed by atoms with van der Waals surface area (Å²) in [6.45, 7) is 2.01. The molecule has 0 bridgehead atoms. The second-order valence-electron chi connectivity index (χ2n) is 2.70. The maximum atomic E-state index is 11.5. The molecule has 6 heteroatoms. The SMILES string of the molecule is CCOC(=O)/C(=N/OC)c1nccn1C. The quantitative estimate of drug-likeness (QED) is 0.409. The van der Waals surface area contributed by atoms with Crippen molar-refractivity contribution >= 4 is 11.7 Å². The van der Waals surface area contributed by atoms with E-state index in [2.05, 4.69) is 15.0 Å². The standard InChI is InChI=1S/C9H13N3O3/c1-4-15-9(13)7(11-14-3)8-10-5-6-12(8)2/h5-6H,4H2,1-3H3/b11-7+. The minimum Gasteiger partial charge on any atom is -0.461 e. The van der Waals surface area contributed by atoms with Gasteiger partial charge in [0, 0.05) is 19.4 Å². The predicted molar refractivity (Wildman–Crippen MR) is 53.4 cm³/mol. The van der Waals surface area contributed by atoms with Crippen LogP contribution in [0.15, 0.2) is 17.5 Å². The number of hydrogen-bond donors (Lipinski definition) is 0. The third-order valence-electron chi connectivity index (χ3n) is 1.68. The molecule has 15 heavy (non-hydrogen) atoms. The van der Waals surface area contributed by atoms with E-state index < -0.39 is 5.97 Å². The number of oxime groups is 1. The average Bonchev–Trinajstić information content (AvgIpc) is 2.61. The van der Waals surface area contributed by atoms with Crippen molar-refractivity contribution < 1.29 is 14.4 Å². The highest BCUT2D eigenvalue weighted by molar-refractivity contribution is 6.42. The van der Waals surface area contributed by atoms with Gasteiger partial charge in [-0.25, -0.2) is 9.78 Å². The second kappa shape index (κ2) is 5.14. The van der Waals surface area contributed by atoms with E-state index in [1.54, 1.807) is 30.9 Å². The summed E-state index contributed by atoms with van der Waals surface area (Å²) in [5, 5.41) is 3.60. The fourth-order valence-corrected chi connectivity index (χ4v) is 1.05. The van der Waals surface area contributed by atoms with Crippen LogP contribution in [0.4, 0.5) is 0 Å². The molecule has 0 amide bonds. The maximum absolute atomic E-state index is 11.5. The Kier molecular flexibility index (Phi) is 3.84. The first-order chi connectivity index (χ1) is 7.20. The molecule has 1 rings (SSSR count). The van der Waals surface area contributed by atoms with Crippen LogP contribution in [0, 0.1) is 0 Å². The molecular weight excluding hydrogens is 198 g/mol. The van der Waals surface area contributed by atoms with E-state index in [0.717, 1.165) is 0 Å². The molecule has 0 aromatic carbocycles. The van der Waals surface area contributed by atoms with Gasteiger partial charge in [0.05, 0.1) is 6.61 Å². The molecule has 0 radical (unpaired) electrons. The predicted octanol–water partition coefficient (Wildman–Crippen LogP) is 0.334. The molecule has 0 saturated carbocycles. The smallest absolute Gasteiger partial charge is 0.364 e. The Labute approximate surface area is 87.5 Å². The zero-order valence-corrected chi connectivity index (χ0v) is 8.93. The van der Waals surface area contributed by atoms with E-state index in [4.69, 9.17) is 4.74 Å². The van der Waals surface area contributed by atoms with Crippen molar-refractivity contribution in [1.82, 2.24) is 9.55 Å². The van der Waals surface area contributed by atoms with Gasteiger partial charge < -0.3 is 14.1 Å². The van der Waals surface area contributed by atoms with Crippen molar-refractivity contribution in [2.45, 2.75) is 6.92 Å². The van der Waals surface area contributed by atoms with Crippen LogP contribution in [0.1, 0.15) is 12.7 Å². The molecule has 0 fully saturated rings. The lowest BCUT2D eigenvalue weighted by molar-refractivity contribution is -0.135. The summed E-state index contributed by atoms with van der Waals surface area (Å²) in [5.41, 5.74) is 0.0619. The third kappa shape index (κ3) is 2.55. The van der Waals surface area contributed by atoms with Crippen molar-refractivity contribution in [2.75, 3.05) is 13.7 Å². The number of ether oxygens (including phenoxy) is 1. The molecule has 6 nitrogen and oxygen atoms in total. The fourth-order valence-electron chi connectivity index (χ4n) is 1.05. The molecule has 82 valence electrons. The number of rotatable bonds is 4. The number of carbonyl (C=O) groups is 1. The summed E-state index contributed by atoms with van der Waals surface area (Å²) in [6, 6.07) is 0. The van der Waals surface area contributed by atoms with Gasteiger partial charge in [-0.2, -0.15) is 0 Å². The molecule has 0 atom stereocenters. The first kappa shape index (κ1) is 11.2. The highest BCUT2D eigenvalue weighted by atomic mass is 16.6. The van der Waals surface area contributed by atoms with E-state index in [1.807, 2.05) is 0 Å². The van der Waals surface area contributed by atoms with Crippen LogP contribution in [0.2, 0.25) is 0 Å². The minimum atomic E-state index is -0.548. The van der Waals surface area contributed by atoms with Crippen molar-refractivity contribution in [2.24, 2.45) is 12.2 Å². The summed E-state index contributed by atoms with van der Waals surface area (Å²) in [6.07, 6.45) is 3.28. The molecule has 0 spiro atoms. The lowest BCUT2D eigenvalue weighted by Gasteiger charge is -2.04. The summed E-state index contributed by atoms with van der Waals surface area (Å²) in [4.78, 5) is 20.1. The topological polar surface area (TPSA) is 65.7 Å². The van der Waals surface area contributed by atoms with E-state index in [0.29, 0.717) is 5.82 Å². The molecule has 0 aliphatic heterocycles. The van der Waals surface area contributed by atoms with Crippen LogP contribution in [0.25, 0.3) is 0 Å². The first-order valence-corrected chi connectivity index (χ1v) is 4.46. The lowest BCUT2D eigenvalue weighted by atomic mass is 10.3. The van der Waals surface area contributed by atoms with Crippen LogP contribution < -0.4 is 0 Å². The lowest BCUT2D eigenvalue weighted by Crippen LogP contribution is -2.22. The molecular formula is C9H13N3O3. The number of aromatic nitrogens is 2. The molecule has 0 N–H and O–H groups in total. The van der Waals surface area contributed by atoms with Crippen LogP contribution in [0.3, 0.4) is 0 Å². The van der Waals surface area contributed by atoms with Gasteiger partial charge in [0.1, 0.15) is 7.11 Å². The van der Waals surface area contributed by atoms with Crippen LogP contribution in [0.5, 0.6) is 0 Å². The summed E-state index contributed by atoms with van der Waals surface area (Å²) in [5.74, 6) is -0.135. The van der Waals surface area contributed by atoms with Crippen LogP contribution in [-0.4, -0.2) is 34.9 Å². The fraction of sp³-hybridized carbons (Fsp3) is 0.444. The minimum absolute atomic E-state index is 0.0619. The van der Waals surface area contributed by atoms with E-state index in [9.17, 15) is 4.79 Å². The maximum Gasteiger partial charge on any atom is 0.364 e. The Balaban J connectivity index is 2.99. The van der Waals surface area contributed by atoms with Gasteiger partial charge in [0.25, 0.3) is 0 Å². The monoisotopic (exact) mass is 211 g/mol. The van der Waals surface area contributed by atoms with Gasteiger partial charge in [-0.05, 0) is 6.92 Å². The normalized spacial score (nSPS) is 11.3. The van der Waals surface area contributed by atoms with Crippen molar-refractivity contribution in [3.8, 4) is 0 Å². The third-order valence-corrected chi connectivity index (χ3v) is 1.68. The van der Waals surface area contributed by atoms with E-state index in [1.165, 1.54) is 7.11 Å². The van der Waals surface area contributed by atoms with Gasteiger partial charge in [0.15, 0.2) is 5.82 Å². The van der Waals surface area contributed by atoms with Crippen LogP contribution in [-0.2, 0) is 21.4 Å². The van der Waals surface area contributed by atoms with Gasteiger partial charge >= 0.3 is 5.97 Å². The molecule has 0 unspecified atom stereocenters. The first-order valence-electron chi connectivity index (χ1n) is 4.46. The molecule has 1 aromatic rings. The zero-order chi connectivity index (χ0) is 11.3. The van der Waals surface area contributed by atoms with Crippen molar-refractivity contribution in [3.63, 3.8) is 0 Å². The Morgan fingerprint density at radius 1 is 1.67 bits per heavy atom. The van der Waals surface area contributed by atoms with Crippen molar-refractivity contribution in [1.29, 1.82) is 0 Å².